The molecule has 144 valence electrons. The monoisotopic (exact) mass is 438 g/mol. The van der Waals surface area contributed by atoms with Crippen LogP contribution in [0, 0.1) is 0 Å². The van der Waals surface area contributed by atoms with Gasteiger partial charge in [-0.2, -0.15) is 9.78 Å². The van der Waals surface area contributed by atoms with Crippen molar-refractivity contribution in [3.63, 3.8) is 0 Å². The molecule has 7 heteroatoms. The lowest BCUT2D eigenvalue weighted by atomic mass is 10.2. The molecule has 0 saturated carbocycles. The number of thioether (sulfide) groups is 1. The van der Waals surface area contributed by atoms with E-state index in [1.54, 1.807) is 34.8 Å². The van der Waals surface area contributed by atoms with Crippen LogP contribution in [-0.4, -0.2) is 21.1 Å². The number of nitrogens with zero attached hydrogens (tertiary/aromatic N) is 4. The highest BCUT2D eigenvalue weighted by molar-refractivity contribution is 7.98. The van der Waals surface area contributed by atoms with Crippen LogP contribution in [0.2, 0.25) is 10.0 Å². The summed E-state index contributed by atoms with van der Waals surface area (Å²) >= 11 is 13.7. The van der Waals surface area contributed by atoms with Gasteiger partial charge in [-0.3, -0.25) is 0 Å². The van der Waals surface area contributed by atoms with Crippen molar-refractivity contribution in [2.45, 2.75) is 10.9 Å². The van der Waals surface area contributed by atoms with E-state index in [1.165, 1.54) is 5.56 Å². The Kier molecular flexibility index (Phi) is 6.30. The first-order valence-corrected chi connectivity index (χ1v) is 10.6. The van der Waals surface area contributed by atoms with Gasteiger partial charge in [0, 0.05) is 11.3 Å². The maximum Gasteiger partial charge on any atom is 0.212 e. The molecule has 0 spiro atoms. The predicted octanol–water partition coefficient (Wildman–Crippen LogP) is 6.43. The van der Waals surface area contributed by atoms with E-state index in [-0.39, 0.29) is 0 Å². The van der Waals surface area contributed by atoms with Gasteiger partial charge in [-0.1, -0.05) is 102 Å². The Hall–Kier alpha value is -2.60. The summed E-state index contributed by atoms with van der Waals surface area (Å²) in [6.07, 6.45) is 1.73. The molecule has 0 unspecified atom stereocenters. The van der Waals surface area contributed by atoms with Crippen LogP contribution in [0.3, 0.4) is 0 Å². The van der Waals surface area contributed by atoms with Gasteiger partial charge in [0.05, 0.1) is 16.3 Å². The number of halogens is 2. The minimum atomic E-state index is 0.487. The normalized spacial score (nSPS) is 11.2. The van der Waals surface area contributed by atoms with Crippen LogP contribution in [0.4, 0.5) is 0 Å². The van der Waals surface area contributed by atoms with Gasteiger partial charge >= 0.3 is 0 Å². The van der Waals surface area contributed by atoms with E-state index in [2.05, 4.69) is 27.4 Å². The van der Waals surface area contributed by atoms with Crippen LogP contribution in [0.1, 0.15) is 11.1 Å². The van der Waals surface area contributed by atoms with Gasteiger partial charge in [0.25, 0.3) is 0 Å². The van der Waals surface area contributed by atoms with Crippen molar-refractivity contribution in [2.75, 3.05) is 0 Å². The lowest BCUT2D eigenvalue weighted by Gasteiger charge is -2.05. The molecule has 0 saturated heterocycles. The second kappa shape index (κ2) is 9.27. The standard InChI is InChI=1S/C22H16Cl2N4S/c23-19-12-11-17(13-20(19)24)14-25-28-21(18-9-5-2-6-10-18)26-27-22(28)29-15-16-7-3-1-4-8-16/h1-14H,15H2/b25-14+. The third kappa shape index (κ3) is 4.88. The fraction of sp³-hybridized carbons (Fsp3) is 0.0455. The van der Waals surface area contributed by atoms with Crippen molar-refractivity contribution in [3.8, 4) is 11.4 Å². The van der Waals surface area contributed by atoms with Crippen LogP contribution in [-0.2, 0) is 5.75 Å². The molecule has 0 bridgehead atoms. The van der Waals surface area contributed by atoms with E-state index in [0.717, 1.165) is 16.9 Å². The third-order valence-corrected chi connectivity index (χ3v) is 5.85. The Labute approximate surface area is 183 Å². The second-order valence-electron chi connectivity index (χ2n) is 6.18. The minimum Gasteiger partial charge on any atom is -0.187 e. The molecule has 1 heterocycles. The van der Waals surface area contributed by atoms with Crippen LogP contribution in [0.25, 0.3) is 11.4 Å². The molecule has 0 aliphatic carbocycles. The number of hydrogen-bond donors (Lipinski definition) is 0. The van der Waals surface area contributed by atoms with Crippen LogP contribution >= 0.6 is 35.0 Å². The van der Waals surface area contributed by atoms with Gasteiger partial charge < -0.3 is 0 Å². The zero-order valence-corrected chi connectivity index (χ0v) is 17.6. The second-order valence-corrected chi connectivity index (χ2v) is 7.93. The largest absolute Gasteiger partial charge is 0.212 e. The summed E-state index contributed by atoms with van der Waals surface area (Å²) in [7, 11) is 0. The number of hydrogen-bond acceptors (Lipinski definition) is 4. The quantitative estimate of drug-likeness (QED) is 0.257. The lowest BCUT2D eigenvalue weighted by molar-refractivity contribution is 0.772. The number of benzene rings is 3. The molecule has 1 aromatic heterocycles. The van der Waals surface area contributed by atoms with Crippen molar-refractivity contribution < 1.29 is 0 Å². The van der Waals surface area contributed by atoms with Gasteiger partial charge in [-0.15, -0.1) is 10.2 Å². The smallest absolute Gasteiger partial charge is 0.187 e. The lowest BCUT2D eigenvalue weighted by Crippen LogP contribution is -1.97. The summed E-state index contributed by atoms with van der Waals surface area (Å²) in [5, 5.41) is 15.1. The van der Waals surface area contributed by atoms with E-state index < -0.39 is 0 Å². The Balaban J connectivity index is 1.67. The highest BCUT2D eigenvalue weighted by Crippen LogP contribution is 2.27. The summed E-state index contributed by atoms with van der Waals surface area (Å²) in [6, 6.07) is 25.5. The van der Waals surface area contributed by atoms with Gasteiger partial charge in [-0.05, 0) is 23.3 Å². The third-order valence-electron chi connectivity index (χ3n) is 4.12. The molecule has 4 aromatic rings. The van der Waals surface area contributed by atoms with Crippen molar-refractivity contribution >= 4 is 41.2 Å². The fourth-order valence-corrected chi connectivity index (χ4v) is 3.82. The summed E-state index contributed by atoms with van der Waals surface area (Å²) in [5.41, 5.74) is 2.99. The molecule has 0 N–H and O–H groups in total. The molecule has 0 aliphatic rings. The first-order valence-electron chi connectivity index (χ1n) is 8.88. The van der Waals surface area contributed by atoms with E-state index in [0.29, 0.717) is 21.0 Å². The van der Waals surface area contributed by atoms with Crippen molar-refractivity contribution in [1.29, 1.82) is 0 Å². The van der Waals surface area contributed by atoms with Crippen molar-refractivity contribution in [1.82, 2.24) is 14.9 Å². The molecule has 29 heavy (non-hydrogen) atoms. The Morgan fingerprint density at radius 3 is 2.31 bits per heavy atom. The highest BCUT2D eigenvalue weighted by atomic mass is 35.5. The molecule has 0 fully saturated rings. The molecular formula is C22H16Cl2N4S. The number of aromatic nitrogens is 3. The van der Waals surface area contributed by atoms with E-state index >= 15 is 0 Å². The van der Waals surface area contributed by atoms with Crippen LogP contribution < -0.4 is 0 Å². The van der Waals surface area contributed by atoms with Crippen molar-refractivity contribution in [2.24, 2.45) is 5.10 Å². The highest BCUT2D eigenvalue weighted by Gasteiger charge is 2.14. The Bertz CT molecular complexity index is 1130. The summed E-state index contributed by atoms with van der Waals surface area (Å²) < 4.78 is 1.76. The van der Waals surface area contributed by atoms with E-state index in [4.69, 9.17) is 23.2 Å². The Morgan fingerprint density at radius 1 is 0.862 bits per heavy atom. The average Bonchev–Trinajstić information content (AvgIpc) is 3.17. The minimum absolute atomic E-state index is 0.487. The van der Waals surface area contributed by atoms with Gasteiger partial charge in [0.15, 0.2) is 5.82 Å². The topological polar surface area (TPSA) is 43.1 Å². The van der Waals surface area contributed by atoms with Crippen molar-refractivity contribution in [3.05, 3.63) is 100 Å². The first-order chi connectivity index (χ1) is 14.2. The van der Waals surface area contributed by atoms with Gasteiger partial charge in [0.2, 0.25) is 5.16 Å². The zero-order chi connectivity index (χ0) is 20.1. The van der Waals surface area contributed by atoms with E-state index in [9.17, 15) is 0 Å². The SMILES string of the molecule is Clc1ccc(/C=N/n2c(SCc3ccccc3)nnc2-c2ccccc2)cc1Cl. The number of rotatable bonds is 6. The maximum atomic E-state index is 6.12. The molecule has 0 aliphatic heterocycles. The zero-order valence-electron chi connectivity index (χ0n) is 15.2. The Morgan fingerprint density at radius 2 is 1.59 bits per heavy atom. The molecule has 0 amide bonds. The van der Waals surface area contributed by atoms with E-state index in [1.807, 2.05) is 54.6 Å². The first kappa shape index (κ1) is 19.7. The predicted molar refractivity (Wildman–Crippen MR) is 121 cm³/mol. The maximum absolute atomic E-state index is 6.12. The summed E-state index contributed by atoms with van der Waals surface area (Å²) in [5.74, 6) is 1.45. The van der Waals surface area contributed by atoms with Gasteiger partial charge in [-0.25, -0.2) is 0 Å². The molecule has 4 nitrogen and oxygen atoms in total. The molecular weight excluding hydrogens is 423 g/mol. The van der Waals surface area contributed by atoms with Gasteiger partial charge in [0.1, 0.15) is 0 Å². The van der Waals surface area contributed by atoms with Crippen LogP contribution in [0.5, 0.6) is 0 Å². The molecule has 3 aromatic carbocycles. The fourth-order valence-electron chi connectivity index (χ4n) is 2.67. The summed E-state index contributed by atoms with van der Waals surface area (Å²) in [4.78, 5) is 0. The molecule has 0 atom stereocenters. The average molecular weight is 439 g/mol. The van der Waals surface area contributed by atoms with Crippen LogP contribution in [0.15, 0.2) is 89.1 Å². The summed E-state index contributed by atoms with van der Waals surface area (Å²) in [6.45, 7) is 0. The molecule has 0 radical (unpaired) electrons. The molecule has 4 rings (SSSR count).